The number of hydrogen-bond donors (Lipinski definition) is 2. The molecular weight excluding hydrogens is 282 g/mol. The summed E-state index contributed by atoms with van der Waals surface area (Å²) in [5.41, 5.74) is 3.10. The van der Waals surface area contributed by atoms with E-state index in [0.717, 1.165) is 5.69 Å². The minimum Gasteiger partial charge on any atom is -0.408 e. The van der Waals surface area contributed by atoms with Gasteiger partial charge in [0.25, 0.3) is 5.91 Å². The van der Waals surface area contributed by atoms with Gasteiger partial charge >= 0.3 is 5.76 Å². The van der Waals surface area contributed by atoms with Crippen LogP contribution in [0.1, 0.15) is 10.4 Å². The Morgan fingerprint density at radius 2 is 2.00 bits per heavy atom. The van der Waals surface area contributed by atoms with E-state index >= 15 is 0 Å². The number of nitrogens with zero attached hydrogens (tertiary/aromatic N) is 1. The van der Waals surface area contributed by atoms with E-state index in [9.17, 15) is 9.59 Å². The van der Waals surface area contributed by atoms with Crippen molar-refractivity contribution in [3.63, 3.8) is 0 Å². The lowest BCUT2D eigenvalue weighted by Crippen LogP contribution is -2.14. The number of carbonyl (C=O) groups excluding carboxylic acids is 1. The van der Waals surface area contributed by atoms with Crippen LogP contribution in [0.5, 0.6) is 0 Å². The minimum atomic E-state index is -0.517. The predicted octanol–water partition coefficient (Wildman–Crippen LogP) is 2.44. The lowest BCUT2D eigenvalue weighted by molar-refractivity contribution is 0.102. The van der Waals surface area contributed by atoms with Crippen molar-refractivity contribution in [2.75, 3.05) is 24.3 Å². The van der Waals surface area contributed by atoms with E-state index in [-0.39, 0.29) is 5.91 Å². The summed E-state index contributed by atoms with van der Waals surface area (Å²) in [6.07, 6.45) is 0. The van der Waals surface area contributed by atoms with E-state index < -0.39 is 5.76 Å². The lowest BCUT2D eigenvalue weighted by Gasteiger charge is -2.13. The van der Waals surface area contributed by atoms with Crippen molar-refractivity contribution < 1.29 is 9.21 Å². The Kier molecular flexibility index (Phi) is 3.42. The number of benzene rings is 2. The number of anilines is 2. The van der Waals surface area contributed by atoms with Gasteiger partial charge in [-0.3, -0.25) is 9.78 Å². The molecule has 0 radical (unpaired) electrons. The zero-order chi connectivity index (χ0) is 15.7. The van der Waals surface area contributed by atoms with E-state index in [2.05, 4.69) is 10.3 Å². The first-order chi connectivity index (χ1) is 10.5. The molecule has 0 saturated heterocycles. The Labute approximate surface area is 126 Å². The van der Waals surface area contributed by atoms with Gasteiger partial charge in [-0.05, 0) is 36.4 Å². The smallest absolute Gasteiger partial charge is 0.408 e. The summed E-state index contributed by atoms with van der Waals surface area (Å²) in [5, 5.41) is 2.80. The number of H-pyrrole nitrogens is 1. The predicted molar refractivity (Wildman–Crippen MR) is 85.6 cm³/mol. The van der Waals surface area contributed by atoms with Crippen molar-refractivity contribution in [1.82, 2.24) is 4.98 Å². The van der Waals surface area contributed by atoms with Crippen LogP contribution in [-0.2, 0) is 0 Å². The molecule has 0 aliphatic carbocycles. The molecule has 3 aromatic rings. The van der Waals surface area contributed by atoms with Gasteiger partial charge in [-0.15, -0.1) is 0 Å². The van der Waals surface area contributed by atoms with Crippen LogP contribution >= 0.6 is 0 Å². The molecule has 0 spiro atoms. The maximum atomic E-state index is 12.3. The topological polar surface area (TPSA) is 78.3 Å². The molecule has 0 fully saturated rings. The number of oxazole rings is 1. The minimum absolute atomic E-state index is 0.214. The van der Waals surface area contributed by atoms with E-state index in [1.807, 2.05) is 37.2 Å². The molecular formula is C16H15N3O3. The molecule has 0 saturated carbocycles. The summed E-state index contributed by atoms with van der Waals surface area (Å²) in [4.78, 5) is 27.9. The molecule has 112 valence electrons. The van der Waals surface area contributed by atoms with Crippen LogP contribution in [-0.4, -0.2) is 25.0 Å². The normalized spacial score (nSPS) is 10.6. The van der Waals surface area contributed by atoms with Gasteiger partial charge in [-0.25, -0.2) is 4.79 Å². The van der Waals surface area contributed by atoms with Gasteiger partial charge in [0.05, 0.1) is 5.52 Å². The molecule has 1 amide bonds. The SMILES string of the molecule is CN(C)c1cccc(C(=O)Nc2ccc3oc(=O)[nH]c3c2)c1. The second kappa shape index (κ2) is 5.40. The summed E-state index contributed by atoms with van der Waals surface area (Å²) in [5.74, 6) is -0.731. The summed E-state index contributed by atoms with van der Waals surface area (Å²) in [7, 11) is 3.83. The molecule has 0 atom stereocenters. The second-order valence-electron chi connectivity index (χ2n) is 5.12. The quantitative estimate of drug-likeness (QED) is 0.778. The maximum absolute atomic E-state index is 12.3. The highest BCUT2D eigenvalue weighted by Crippen LogP contribution is 2.18. The number of rotatable bonds is 3. The van der Waals surface area contributed by atoms with Crippen LogP contribution in [0.3, 0.4) is 0 Å². The highest BCUT2D eigenvalue weighted by Gasteiger charge is 2.09. The van der Waals surface area contributed by atoms with Gasteiger partial charge < -0.3 is 14.6 Å². The highest BCUT2D eigenvalue weighted by atomic mass is 16.4. The van der Waals surface area contributed by atoms with Crippen LogP contribution in [0, 0.1) is 0 Å². The zero-order valence-electron chi connectivity index (χ0n) is 12.2. The van der Waals surface area contributed by atoms with E-state index in [1.54, 1.807) is 24.3 Å². The second-order valence-corrected chi connectivity index (χ2v) is 5.12. The summed E-state index contributed by atoms with van der Waals surface area (Å²) in [6, 6.07) is 12.3. The molecule has 2 aromatic carbocycles. The number of aromatic nitrogens is 1. The Morgan fingerprint density at radius 1 is 1.18 bits per heavy atom. The van der Waals surface area contributed by atoms with Crippen molar-refractivity contribution >= 4 is 28.4 Å². The first-order valence-electron chi connectivity index (χ1n) is 6.74. The monoisotopic (exact) mass is 297 g/mol. The summed E-state index contributed by atoms with van der Waals surface area (Å²) >= 11 is 0. The number of carbonyl (C=O) groups is 1. The largest absolute Gasteiger partial charge is 0.417 e. The molecule has 1 heterocycles. The number of nitrogens with one attached hydrogen (secondary N) is 2. The molecule has 6 heteroatoms. The average molecular weight is 297 g/mol. The maximum Gasteiger partial charge on any atom is 0.417 e. The van der Waals surface area contributed by atoms with Crippen LogP contribution < -0.4 is 16.0 Å². The van der Waals surface area contributed by atoms with Crippen LogP contribution in [0.25, 0.3) is 11.1 Å². The average Bonchev–Trinajstić information content (AvgIpc) is 2.86. The standard InChI is InChI=1S/C16H15N3O3/c1-19(2)12-5-3-4-10(8-12)15(20)17-11-6-7-14-13(9-11)18-16(21)22-14/h3-9H,1-2H3,(H,17,20)(H,18,21). The molecule has 1 aromatic heterocycles. The molecule has 3 rings (SSSR count). The Balaban J connectivity index is 1.86. The molecule has 6 nitrogen and oxygen atoms in total. The fourth-order valence-electron chi connectivity index (χ4n) is 2.16. The van der Waals surface area contributed by atoms with Crippen LogP contribution in [0.4, 0.5) is 11.4 Å². The summed E-state index contributed by atoms with van der Waals surface area (Å²) in [6.45, 7) is 0. The first kappa shape index (κ1) is 13.9. The molecule has 0 unspecified atom stereocenters. The van der Waals surface area contributed by atoms with E-state index in [4.69, 9.17) is 4.42 Å². The van der Waals surface area contributed by atoms with Gasteiger partial charge in [0.15, 0.2) is 5.58 Å². The highest BCUT2D eigenvalue weighted by molar-refractivity contribution is 6.05. The number of hydrogen-bond acceptors (Lipinski definition) is 4. The van der Waals surface area contributed by atoms with Crippen LogP contribution in [0.15, 0.2) is 51.7 Å². The third kappa shape index (κ3) is 2.71. The van der Waals surface area contributed by atoms with Gasteiger partial charge in [0.1, 0.15) is 0 Å². The van der Waals surface area contributed by atoms with Crippen molar-refractivity contribution in [2.45, 2.75) is 0 Å². The van der Waals surface area contributed by atoms with Crippen LogP contribution in [0.2, 0.25) is 0 Å². The third-order valence-corrected chi connectivity index (χ3v) is 3.30. The molecule has 2 N–H and O–H groups in total. The molecule has 0 bridgehead atoms. The van der Waals surface area contributed by atoms with E-state index in [1.165, 1.54) is 0 Å². The fourth-order valence-corrected chi connectivity index (χ4v) is 2.16. The van der Waals surface area contributed by atoms with Gasteiger partial charge in [0.2, 0.25) is 0 Å². The van der Waals surface area contributed by atoms with Crippen molar-refractivity contribution in [3.8, 4) is 0 Å². The number of aromatic amines is 1. The molecule has 0 aliphatic heterocycles. The molecule has 0 aliphatic rings. The summed E-state index contributed by atoms with van der Waals surface area (Å²) < 4.78 is 4.93. The van der Waals surface area contributed by atoms with E-state index in [0.29, 0.717) is 22.4 Å². The zero-order valence-corrected chi connectivity index (χ0v) is 12.2. The third-order valence-electron chi connectivity index (χ3n) is 3.30. The van der Waals surface area contributed by atoms with Crippen molar-refractivity contribution in [2.24, 2.45) is 0 Å². The Bertz CT molecular complexity index is 893. The van der Waals surface area contributed by atoms with Crippen molar-refractivity contribution in [3.05, 3.63) is 58.6 Å². The number of fused-ring (bicyclic) bond motifs is 1. The van der Waals surface area contributed by atoms with Crippen molar-refractivity contribution in [1.29, 1.82) is 0 Å². The van der Waals surface area contributed by atoms with Gasteiger partial charge in [0, 0.05) is 31.0 Å². The Morgan fingerprint density at radius 3 is 2.77 bits per heavy atom. The number of amides is 1. The first-order valence-corrected chi connectivity index (χ1v) is 6.74. The van der Waals surface area contributed by atoms with Gasteiger partial charge in [-0.2, -0.15) is 0 Å². The van der Waals surface area contributed by atoms with Gasteiger partial charge in [-0.1, -0.05) is 6.07 Å². The Hall–Kier alpha value is -3.02. The lowest BCUT2D eigenvalue weighted by atomic mass is 10.1. The fraction of sp³-hybridized carbons (Fsp3) is 0.125. The molecule has 22 heavy (non-hydrogen) atoms.